The lowest BCUT2D eigenvalue weighted by Crippen LogP contribution is -2.07. The number of carbonyl (C=O) groups excluding carboxylic acids is 1. The quantitative estimate of drug-likeness (QED) is 0.733. The molecule has 0 atom stereocenters. The maximum atomic E-state index is 12.2. The van der Waals surface area contributed by atoms with Crippen molar-refractivity contribution in [1.82, 2.24) is 0 Å². The number of ketones is 1. The van der Waals surface area contributed by atoms with E-state index in [9.17, 15) is 13.6 Å². The van der Waals surface area contributed by atoms with Crippen molar-refractivity contribution < 1.29 is 23.0 Å². The Hall–Kier alpha value is -1.65. The number of Topliss-reactive ketones (excluding diaryl/α,β-unsaturated/α-hetero) is 1. The fourth-order valence-corrected chi connectivity index (χ4v) is 1.53. The van der Waals surface area contributed by atoms with Gasteiger partial charge in [0, 0.05) is 5.56 Å². The van der Waals surface area contributed by atoms with Gasteiger partial charge in [-0.15, -0.1) is 0 Å². The number of rotatable bonds is 6. The third kappa shape index (κ3) is 3.42. The van der Waals surface area contributed by atoms with Crippen LogP contribution >= 0.6 is 0 Å². The highest BCUT2D eigenvalue weighted by Crippen LogP contribution is 2.34. The zero-order valence-corrected chi connectivity index (χ0v) is 9.99. The zero-order valence-electron chi connectivity index (χ0n) is 9.99. The molecule has 1 aromatic rings. The van der Waals surface area contributed by atoms with Crippen LogP contribution in [0.1, 0.15) is 30.1 Å². The topological polar surface area (TPSA) is 35.5 Å². The van der Waals surface area contributed by atoms with Gasteiger partial charge in [-0.25, -0.2) is 0 Å². The van der Waals surface area contributed by atoms with Gasteiger partial charge in [0.1, 0.15) is 0 Å². The van der Waals surface area contributed by atoms with E-state index in [-0.39, 0.29) is 17.3 Å². The summed E-state index contributed by atoms with van der Waals surface area (Å²) >= 11 is 0. The molecule has 0 amide bonds. The van der Waals surface area contributed by atoms with Crippen LogP contribution in [-0.4, -0.2) is 19.0 Å². The highest BCUT2D eigenvalue weighted by molar-refractivity contribution is 5.94. The van der Waals surface area contributed by atoms with Gasteiger partial charge in [-0.1, -0.05) is 0 Å². The van der Waals surface area contributed by atoms with E-state index < -0.39 is 6.61 Å². The van der Waals surface area contributed by atoms with Crippen LogP contribution in [0.2, 0.25) is 0 Å². The first-order valence-electron chi connectivity index (χ1n) is 5.79. The van der Waals surface area contributed by atoms with Crippen molar-refractivity contribution in [2.24, 2.45) is 5.92 Å². The Labute approximate surface area is 104 Å². The summed E-state index contributed by atoms with van der Waals surface area (Å²) in [6, 6.07) is 4.23. The number of hydrogen-bond donors (Lipinski definition) is 0. The van der Waals surface area contributed by atoms with E-state index >= 15 is 0 Å². The summed E-state index contributed by atoms with van der Waals surface area (Å²) in [6.45, 7) is -1.02. The first-order chi connectivity index (χ1) is 8.56. The van der Waals surface area contributed by atoms with Crippen molar-refractivity contribution in [3.8, 4) is 11.5 Å². The molecule has 1 fully saturated rings. The molecule has 18 heavy (non-hydrogen) atoms. The minimum atomic E-state index is -2.91. The Morgan fingerprint density at radius 3 is 2.67 bits per heavy atom. The first kappa shape index (κ1) is 12.8. The van der Waals surface area contributed by atoms with Gasteiger partial charge in [0.25, 0.3) is 0 Å². The Balaban J connectivity index is 2.17. The Morgan fingerprint density at radius 2 is 2.11 bits per heavy atom. The summed E-state index contributed by atoms with van der Waals surface area (Å²) in [5.74, 6) is 0.519. The smallest absolute Gasteiger partial charge is 0.387 e. The molecule has 0 bridgehead atoms. The van der Waals surface area contributed by atoms with Crippen LogP contribution in [0.5, 0.6) is 11.5 Å². The number of ether oxygens (including phenoxy) is 2. The van der Waals surface area contributed by atoms with Crippen molar-refractivity contribution in [3.05, 3.63) is 23.8 Å². The van der Waals surface area contributed by atoms with Crippen LogP contribution in [-0.2, 0) is 0 Å². The minimum Gasteiger partial charge on any atom is -0.489 e. The van der Waals surface area contributed by atoms with E-state index in [1.807, 2.05) is 0 Å². The van der Waals surface area contributed by atoms with E-state index in [2.05, 4.69) is 4.74 Å². The van der Waals surface area contributed by atoms with Gasteiger partial charge in [-0.3, -0.25) is 4.79 Å². The molecule has 0 radical (unpaired) electrons. The van der Waals surface area contributed by atoms with Crippen LogP contribution in [0.3, 0.4) is 0 Å². The average molecular weight is 256 g/mol. The van der Waals surface area contributed by atoms with Crippen molar-refractivity contribution in [2.45, 2.75) is 26.4 Å². The summed E-state index contributed by atoms with van der Waals surface area (Å²) in [6.07, 6.45) is 2.19. The maximum Gasteiger partial charge on any atom is 0.387 e. The monoisotopic (exact) mass is 256 g/mol. The van der Waals surface area contributed by atoms with Crippen molar-refractivity contribution in [1.29, 1.82) is 0 Å². The normalized spacial score (nSPS) is 14.7. The van der Waals surface area contributed by atoms with Gasteiger partial charge < -0.3 is 9.47 Å². The largest absolute Gasteiger partial charge is 0.489 e. The number of carbonyl (C=O) groups is 1. The fourth-order valence-electron chi connectivity index (χ4n) is 1.53. The van der Waals surface area contributed by atoms with E-state index in [0.717, 1.165) is 12.8 Å². The van der Waals surface area contributed by atoms with Crippen molar-refractivity contribution in [3.63, 3.8) is 0 Å². The SMILES string of the molecule is CC(=O)c1ccc(OC(F)F)c(OCC2CC2)c1. The summed E-state index contributed by atoms with van der Waals surface area (Å²) in [4.78, 5) is 11.2. The van der Waals surface area contributed by atoms with Crippen LogP contribution in [0.4, 0.5) is 8.78 Å². The molecule has 5 heteroatoms. The lowest BCUT2D eigenvalue weighted by Gasteiger charge is -2.12. The molecule has 0 unspecified atom stereocenters. The van der Waals surface area contributed by atoms with Gasteiger partial charge in [0.2, 0.25) is 0 Å². The highest BCUT2D eigenvalue weighted by Gasteiger charge is 2.23. The first-order valence-corrected chi connectivity index (χ1v) is 5.79. The molecule has 0 N–H and O–H groups in total. The zero-order chi connectivity index (χ0) is 13.1. The predicted octanol–water partition coefficient (Wildman–Crippen LogP) is 3.28. The second-order valence-electron chi connectivity index (χ2n) is 4.35. The molecule has 0 saturated heterocycles. The number of benzene rings is 1. The van der Waals surface area contributed by atoms with E-state index in [0.29, 0.717) is 18.1 Å². The van der Waals surface area contributed by atoms with Gasteiger partial charge in [-0.05, 0) is 43.9 Å². The maximum absolute atomic E-state index is 12.2. The van der Waals surface area contributed by atoms with E-state index in [1.165, 1.54) is 25.1 Å². The average Bonchev–Trinajstić information content (AvgIpc) is 3.10. The molecule has 0 heterocycles. The second kappa shape index (κ2) is 5.33. The molecule has 1 aliphatic rings. The third-order valence-corrected chi connectivity index (χ3v) is 2.74. The van der Waals surface area contributed by atoms with Crippen LogP contribution in [0.25, 0.3) is 0 Å². The van der Waals surface area contributed by atoms with Crippen molar-refractivity contribution in [2.75, 3.05) is 6.61 Å². The molecule has 0 spiro atoms. The predicted molar refractivity (Wildman–Crippen MR) is 61.3 cm³/mol. The van der Waals surface area contributed by atoms with Gasteiger partial charge in [0.05, 0.1) is 6.61 Å². The molecule has 0 aromatic heterocycles. The summed E-state index contributed by atoms with van der Waals surface area (Å²) in [7, 11) is 0. The molecule has 98 valence electrons. The number of alkyl halides is 2. The Bertz CT molecular complexity index is 442. The van der Waals surface area contributed by atoms with Crippen LogP contribution in [0, 0.1) is 5.92 Å². The number of hydrogen-bond acceptors (Lipinski definition) is 3. The molecule has 1 aliphatic carbocycles. The van der Waals surface area contributed by atoms with E-state index in [4.69, 9.17) is 4.74 Å². The molecular formula is C13H14F2O3. The lowest BCUT2D eigenvalue weighted by atomic mass is 10.1. The van der Waals surface area contributed by atoms with Gasteiger partial charge >= 0.3 is 6.61 Å². The summed E-state index contributed by atoms with van der Waals surface area (Å²) in [5.41, 5.74) is 0.419. The van der Waals surface area contributed by atoms with Crippen LogP contribution < -0.4 is 9.47 Å². The van der Waals surface area contributed by atoms with Gasteiger partial charge in [0.15, 0.2) is 17.3 Å². The highest BCUT2D eigenvalue weighted by atomic mass is 19.3. The third-order valence-electron chi connectivity index (χ3n) is 2.74. The lowest BCUT2D eigenvalue weighted by molar-refractivity contribution is -0.0515. The molecule has 1 saturated carbocycles. The second-order valence-corrected chi connectivity index (χ2v) is 4.35. The Morgan fingerprint density at radius 1 is 1.39 bits per heavy atom. The van der Waals surface area contributed by atoms with Gasteiger partial charge in [-0.2, -0.15) is 8.78 Å². The molecule has 2 rings (SSSR count). The van der Waals surface area contributed by atoms with Crippen molar-refractivity contribution >= 4 is 5.78 Å². The fraction of sp³-hybridized carbons (Fsp3) is 0.462. The van der Waals surface area contributed by atoms with E-state index in [1.54, 1.807) is 0 Å². The number of halogens is 2. The summed E-state index contributed by atoms with van der Waals surface area (Å²) < 4.78 is 34.3. The summed E-state index contributed by atoms with van der Waals surface area (Å²) in [5, 5.41) is 0. The minimum absolute atomic E-state index is 0.0318. The van der Waals surface area contributed by atoms with Crippen LogP contribution in [0.15, 0.2) is 18.2 Å². The molecule has 0 aliphatic heterocycles. The molecule has 3 nitrogen and oxygen atoms in total. The molecule has 1 aromatic carbocycles. The molecular weight excluding hydrogens is 242 g/mol. The Kier molecular flexibility index (Phi) is 3.79. The standard InChI is InChI=1S/C13H14F2O3/c1-8(16)10-4-5-11(18-13(14)15)12(6-10)17-7-9-2-3-9/h4-6,9,13H,2-3,7H2,1H3.